The second-order valence-electron chi connectivity index (χ2n) is 13.1. The summed E-state index contributed by atoms with van der Waals surface area (Å²) in [6.07, 6.45) is 8.84. The second kappa shape index (κ2) is 15.6. The van der Waals surface area contributed by atoms with Crippen molar-refractivity contribution >= 4 is 5.97 Å². The van der Waals surface area contributed by atoms with Gasteiger partial charge in [0.05, 0.1) is 37.6 Å². The van der Waals surface area contributed by atoms with E-state index in [-0.39, 0.29) is 42.2 Å². The first kappa shape index (κ1) is 33.0. The molecule has 0 heterocycles. The maximum Gasteiger partial charge on any atom is 0.338 e. The zero-order valence-electron chi connectivity index (χ0n) is 25.5. The number of carbonyl (C=O) groups is 1. The molecule has 1 aromatic carbocycles. The van der Waals surface area contributed by atoms with Crippen molar-refractivity contribution in [2.24, 2.45) is 28.6 Å². The van der Waals surface area contributed by atoms with Gasteiger partial charge >= 0.3 is 5.97 Å². The molecule has 0 radical (unpaired) electrons. The van der Waals surface area contributed by atoms with Crippen molar-refractivity contribution in [2.75, 3.05) is 19.8 Å². The quantitative estimate of drug-likeness (QED) is 0.101. The van der Waals surface area contributed by atoms with Crippen LogP contribution >= 0.6 is 0 Å². The fourth-order valence-corrected chi connectivity index (χ4v) is 6.36. The predicted molar refractivity (Wildman–Crippen MR) is 152 cm³/mol. The largest absolute Gasteiger partial charge is 0.461 e. The van der Waals surface area contributed by atoms with Crippen LogP contribution in [0.25, 0.3) is 0 Å². The Morgan fingerprint density at radius 1 is 0.900 bits per heavy atom. The van der Waals surface area contributed by atoms with Gasteiger partial charge in [-0.3, -0.25) is 5.26 Å². The number of benzene rings is 1. The van der Waals surface area contributed by atoms with E-state index in [1.165, 1.54) is 12.8 Å². The van der Waals surface area contributed by atoms with E-state index in [9.17, 15) is 4.79 Å². The van der Waals surface area contributed by atoms with E-state index < -0.39 is 0 Å². The Morgan fingerprint density at radius 3 is 2.15 bits per heavy atom. The maximum atomic E-state index is 12.8. The van der Waals surface area contributed by atoms with Crippen LogP contribution in [0.3, 0.4) is 0 Å². The van der Waals surface area contributed by atoms with Gasteiger partial charge in [0.1, 0.15) is 6.61 Å². The third kappa shape index (κ3) is 9.50. The summed E-state index contributed by atoms with van der Waals surface area (Å²) in [5, 5.41) is 9.03. The lowest BCUT2D eigenvalue weighted by Crippen LogP contribution is -2.39. The van der Waals surface area contributed by atoms with E-state index in [0.29, 0.717) is 36.5 Å². The highest BCUT2D eigenvalue weighted by Gasteiger charge is 2.41. The summed E-state index contributed by atoms with van der Waals surface area (Å²) in [6, 6.07) is 7.32. The normalized spacial score (nSPS) is 25.0. The van der Waals surface area contributed by atoms with Gasteiger partial charge in [-0.25, -0.2) is 29.2 Å². The van der Waals surface area contributed by atoms with Crippen LogP contribution in [0.15, 0.2) is 24.3 Å². The summed E-state index contributed by atoms with van der Waals surface area (Å²) < 4.78 is 5.59. The molecule has 8 nitrogen and oxygen atoms in total. The summed E-state index contributed by atoms with van der Waals surface area (Å²) in [4.78, 5) is 39.0. The summed E-state index contributed by atoms with van der Waals surface area (Å²) in [5.74, 6) is 1.43. The minimum atomic E-state index is -0.390. The highest BCUT2D eigenvalue weighted by atomic mass is 17.2. The number of hydrogen-bond donors (Lipinski definition) is 1. The Morgan fingerprint density at radius 2 is 1.52 bits per heavy atom. The van der Waals surface area contributed by atoms with Crippen molar-refractivity contribution < 1.29 is 39.2 Å². The minimum absolute atomic E-state index is 0.0654. The third-order valence-corrected chi connectivity index (χ3v) is 9.28. The van der Waals surface area contributed by atoms with Crippen molar-refractivity contribution in [1.29, 1.82) is 0 Å². The van der Waals surface area contributed by atoms with Crippen LogP contribution in [0.2, 0.25) is 0 Å². The molecule has 1 unspecified atom stereocenters. The van der Waals surface area contributed by atoms with Gasteiger partial charge in [-0.05, 0) is 100 Å². The van der Waals surface area contributed by atoms with Crippen molar-refractivity contribution in [3.63, 3.8) is 0 Å². The number of rotatable bonds is 15. The zero-order chi connectivity index (χ0) is 29.2. The van der Waals surface area contributed by atoms with Crippen molar-refractivity contribution in [1.82, 2.24) is 0 Å². The van der Waals surface area contributed by atoms with Crippen LogP contribution in [0, 0.1) is 28.6 Å². The molecule has 0 bridgehead atoms. The summed E-state index contributed by atoms with van der Waals surface area (Å²) in [5.41, 5.74) is 1.12. The lowest BCUT2D eigenvalue weighted by Gasteiger charge is -2.47. The Kier molecular flexibility index (Phi) is 12.9. The molecule has 8 heteroatoms. The van der Waals surface area contributed by atoms with Gasteiger partial charge in [-0.15, -0.1) is 0 Å². The fourth-order valence-electron chi connectivity index (χ4n) is 6.36. The molecule has 1 aromatic rings. The monoisotopic (exact) mass is 564 g/mol. The first-order valence-electron chi connectivity index (χ1n) is 15.1. The second-order valence-corrected chi connectivity index (χ2v) is 13.1. The molecule has 3 rings (SSSR count). The highest BCUT2D eigenvalue weighted by molar-refractivity contribution is 5.91. The van der Waals surface area contributed by atoms with Crippen LogP contribution in [0.1, 0.15) is 109 Å². The first-order chi connectivity index (χ1) is 19.1. The standard InChI is InChI=1S/C32H52O8/c1-7-36-38-22-31(3,4)21-35-30(33)29-11-9-8-10-25(29)20-37-40-28-18-16-27(17-19-28)32(5,6)26-14-12-24(13-15-26)23(2)39-34/h8-11,23-24,26-28,34H,7,12-22H2,1-6H3. The van der Waals surface area contributed by atoms with Gasteiger partial charge in [-0.2, -0.15) is 0 Å². The molecule has 0 saturated heterocycles. The van der Waals surface area contributed by atoms with E-state index >= 15 is 0 Å². The lowest BCUT2D eigenvalue weighted by atomic mass is 9.59. The Labute approximate surface area is 240 Å². The summed E-state index contributed by atoms with van der Waals surface area (Å²) >= 11 is 0. The number of hydrogen-bond acceptors (Lipinski definition) is 8. The SMILES string of the molecule is CCOOCC(C)(C)COC(=O)c1ccccc1COOC1CCC(C(C)(C)C2CCC(C(C)OO)CC2)CC1. The van der Waals surface area contributed by atoms with E-state index in [1.807, 2.05) is 45.9 Å². The van der Waals surface area contributed by atoms with Crippen LogP contribution < -0.4 is 0 Å². The fraction of sp³-hybridized carbons (Fsp3) is 0.781. The Hall–Kier alpha value is -1.55. The topological polar surface area (TPSA) is 92.7 Å². The van der Waals surface area contributed by atoms with Crippen LogP contribution in [-0.4, -0.2) is 43.3 Å². The first-order valence-corrected chi connectivity index (χ1v) is 15.1. The van der Waals surface area contributed by atoms with Crippen molar-refractivity contribution in [2.45, 2.75) is 112 Å². The van der Waals surface area contributed by atoms with Gasteiger partial charge in [0, 0.05) is 5.41 Å². The van der Waals surface area contributed by atoms with Crippen molar-refractivity contribution in [3.8, 4) is 0 Å². The molecule has 0 spiro atoms. The maximum absolute atomic E-state index is 12.8. The number of ether oxygens (including phenoxy) is 1. The number of esters is 1. The Balaban J connectivity index is 1.41. The molecule has 0 amide bonds. The molecule has 1 N–H and O–H groups in total. The van der Waals surface area contributed by atoms with Gasteiger partial charge in [-0.1, -0.05) is 45.9 Å². The molecule has 2 aliphatic carbocycles. The third-order valence-electron chi connectivity index (χ3n) is 9.28. The van der Waals surface area contributed by atoms with E-state index in [2.05, 4.69) is 18.7 Å². The molecule has 2 saturated carbocycles. The highest BCUT2D eigenvalue weighted by Crippen LogP contribution is 2.49. The van der Waals surface area contributed by atoms with Crippen molar-refractivity contribution in [3.05, 3.63) is 35.4 Å². The van der Waals surface area contributed by atoms with E-state index in [4.69, 9.17) is 29.5 Å². The summed E-state index contributed by atoms with van der Waals surface area (Å²) in [6.45, 7) is 13.8. The molecule has 1 atom stereocenters. The molecule has 2 aliphatic rings. The average molecular weight is 565 g/mol. The van der Waals surface area contributed by atoms with Gasteiger partial charge in [0.25, 0.3) is 0 Å². The van der Waals surface area contributed by atoms with Gasteiger partial charge in [0.15, 0.2) is 0 Å². The van der Waals surface area contributed by atoms with Gasteiger partial charge in [0.2, 0.25) is 0 Å². The van der Waals surface area contributed by atoms with Crippen LogP contribution in [-0.2, 0) is 35.8 Å². The van der Waals surface area contributed by atoms with Crippen LogP contribution in [0.5, 0.6) is 0 Å². The molecule has 0 aliphatic heterocycles. The average Bonchev–Trinajstić information content (AvgIpc) is 2.96. The molecular formula is C32H52O8. The lowest BCUT2D eigenvalue weighted by molar-refractivity contribution is -0.338. The molecule has 2 fully saturated rings. The molecule has 0 aromatic heterocycles. The smallest absolute Gasteiger partial charge is 0.338 e. The molecular weight excluding hydrogens is 512 g/mol. The summed E-state index contributed by atoms with van der Waals surface area (Å²) in [7, 11) is 0. The minimum Gasteiger partial charge on any atom is -0.461 e. The zero-order valence-corrected chi connectivity index (χ0v) is 25.5. The van der Waals surface area contributed by atoms with E-state index in [0.717, 1.165) is 44.1 Å². The Bertz CT molecular complexity index is 885. The molecule has 40 heavy (non-hydrogen) atoms. The van der Waals surface area contributed by atoms with Gasteiger partial charge < -0.3 is 4.74 Å². The number of carbonyl (C=O) groups excluding carboxylic acids is 1. The predicted octanol–water partition coefficient (Wildman–Crippen LogP) is 7.56. The van der Waals surface area contributed by atoms with E-state index in [1.54, 1.807) is 6.07 Å². The van der Waals surface area contributed by atoms with Crippen LogP contribution in [0.4, 0.5) is 0 Å². The molecule has 228 valence electrons.